The Bertz CT molecular complexity index is 499. The Kier molecular flexibility index (Phi) is 6.30. The van der Waals surface area contributed by atoms with Gasteiger partial charge in [0.05, 0.1) is 11.0 Å². The van der Waals surface area contributed by atoms with Gasteiger partial charge in [-0.2, -0.15) is 0 Å². The van der Waals surface area contributed by atoms with Crippen LogP contribution in [-0.2, 0) is 11.3 Å². The number of rotatable bonds is 7. The van der Waals surface area contributed by atoms with Crippen LogP contribution in [0.25, 0.3) is 0 Å². The molecule has 1 aromatic rings. The van der Waals surface area contributed by atoms with Crippen molar-refractivity contribution in [2.75, 3.05) is 26.3 Å². The zero-order valence-electron chi connectivity index (χ0n) is 13.0. The molecule has 0 aliphatic carbocycles. The topological polar surface area (TPSA) is 75.8 Å². The van der Waals surface area contributed by atoms with Gasteiger partial charge in [-0.15, -0.1) is 0 Å². The zero-order valence-corrected chi connectivity index (χ0v) is 13.0. The summed E-state index contributed by atoms with van der Waals surface area (Å²) in [6.45, 7) is 5.23. The van der Waals surface area contributed by atoms with Crippen LogP contribution >= 0.6 is 0 Å². The zero-order chi connectivity index (χ0) is 15.9. The third-order valence-corrected chi connectivity index (χ3v) is 4.20. The smallest absolute Gasteiger partial charge is 0.272 e. The molecule has 1 aromatic carbocycles. The molecule has 1 fully saturated rings. The van der Waals surface area contributed by atoms with E-state index in [-0.39, 0.29) is 23.3 Å². The molecular formula is C16H24N2O4. The van der Waals surface area contributed by atoms with Crippen LogP contribution in [-0.4, -0.2) is 47.3 Å². The fraction of sp³-hybridized carbons (Fsp3) is 0.625. The normalized spacial score (nSPS) is 16.8. The van der Waals surface area contributed by atoms with Crippen LogP contribution in [0.1, 0.15) is 30.4 Å². The molecule has 0 bridgehead atoms. The Hall–Kier alpha value is -1.50. The lowest BCUT2D eigenvalue weighted by Crippen LogP contribution is -2.36. The Balaban J connectivity index is 1.86. The summed E-state index contributed by atoms with van der Waals surface area (Å²) in [4.78, 5) is 13.0. The molecule has 2 rings (SSSR count). The SMILES string of the molecule is Cc1c(CN2CCC(OCCCO)CC2)cccc1[N+](=O)[O-]. The molecule has 6 heteroatoms. The van der Waals surface area contributed by atoms with Crippen molar-refractivity contribution >= 4 is 5.69 Å². The first-order valence-corrected chi connectivity index (χ1v) is 7.79. The lowest BCUT2D eigenvalue weighted by molar-refractivity contribution is -0.385. The first kappa shape index (κ1) is 16.9. The van der Waals surface area contributed by atoms with E-state index < -0.39 is 0 Å². The van der Waals surface area contributed by atoms with E-state index in [1.807, 2.05) is 13.0 Å². The van der Waals surface area contributed by atoms with Gasteiger partial charge in [-0.1, -0.05) is 12.1 Å². The van der Waals surface area contributed by atoms with Crippen LogP contribution in [0, 0.1) is 17.0 Å². The van der Waals surface area contributed by atoms with Crippen LogP contribution in [0.15, 0.2) is 18.2 Å². The standard InChI is InChI=1S/C16H24N2O4/c1-13-14(4-2-5-16(13)18(20)21)12-17-8-6-15(7-9-17)22-11-3-10-19/h2,4-5,15,19H,3,6-12H2,1H3. The van der Waals surface area contributed by atoms with E-state index in [0.717, 1.165) is 43.6 Å². The van der Waals surface area contributed by atoms with Crippen molar-refractivity contribution in [3.8, 4) is 0 Å². The predicted octanol–water partition coefficient (Wildman–Crippen LogP) is 2.27. The average Bonchev–Trinajstić information content (AvgIpc) is 2.51. The molecule has 1 aliphatic rings. The number of nitro groups is 1. The number of nitrogens with zero attached hydrogens (tertiary/aromatic N) is 2. The highest BCUT2D eigenvalue weighted by Crippen LogP contribution is 2.24. The third kappa shape index (κ3) is 4.50. The third-order valence-electron chi connectivity index (χ3n) is 4.20. The molecule has 0 saturated carbocycles. The number of likely N-dealkylation sites (tertiary alicyclic amines) is 1. The highest BCUT2D eigenvalue weighted by atomic mass is 16.6. The number of hydrogen-bond donors (Lipinski definition) is 1. The van der Waals surface area contributed by atoms with Crippen LogP contribution in [0.5, 0.6) is 0 Å². The van der Waals surface area contributed by atoms with Crippen molar-refractivity contribution in [2.45, 2.75) is 38.8 Å². The summed E-state index contributed by atoms with van der Waals surface area (Å²) in [7, 11) is 0. The van der Waals surface area contributed by atoms with Crippen LogP contribution in [0.3, 0.4) is 0 Å². The Morgan fingerprint density at radius 2 is 2.14 bits per heavy atom. The lowest BCUT2D eigenvalue weighted by atomic mass is 10.0. The van der Waals surface area contributed by atoms with E-state index in [2.05, 4.69) is 4.90 Å². The van der Waals surface area contributed by atoms with Gasteiger partial charge in [-0.3, -0.25) is 15.0 Å². The summed E-state index contributed by atoms with van der Waals surface area (Å²) in [5.41, 5.74) is 1.97. The number of nitro benzene ring substituents is 1. The minimum Gasteiger partial charge on any atom is -0.396 e. The van der Waals surface area contributed by atoms with Crippen molar-refractivity contribution in [1.82, 2.24) is 4.90 Å². The molecule has 22 heavy (non-hydrogen) atoms. The maximum Gasteiger partial charge on any atom is 0.272 e. The second-order valence-electron chi connectivity index (χ2n) is 5.74. The number of aliphatic hydroxyl groups is 1. The second kappa shape index (κ2) is 8.22. The second-order valence-corrected chi connectivity index (χ2v) is 5.74. The van der Waals surface area contributed by atoms with E-state index in [9.17, 15) is 10.1 Å². The molecule has 0 unspecified atom stereocenters. The van der Waals surface area contributed by atoms with Crippen molar-refractivity contribution in [3.63, 3.8) is 0 Å². The molecule has 0 aromatic heterocycles. The summed E-state index contributed by atoms with van der Waals surface area (Å²) in [5, 5.41) is 19.7. The quantitative estimate of drug-likeness (QED) is 0.475. The Labute approximate surface area is 130 Å². The monoisotopic (exact) mass is 308 g/mol. The van der Waals surface area contributed by atoms with Gasteiger partial charge in [0.1, 0.15) is 0 Å². The largest absolute Gasteiger partial charge is 0.396 e. The van der Waals surface area contributed by atoms with E-state index in [1.165, 1.54) is 0 Å². The highest BCUT2D eigenvalue weighted by Gasteiger charge is 2.21. The highest BCUT2D eigenvalue weighted by molar-refractivity contribution is 5.44. The molecule has 1 saturated heterocycles. The average molecular weight is 308 g/mol. The van der Waals surface area contributed by atoms with Gasteiger partial charge in [0.15, 0.2) is 0 Å². The van der Waals surface area contributed by atoms with E-state index >= 15 is 0 Å². The van der Waals surface area contributed by atoms with E-state index in [4.69, 9.17) is 9.84 Å². The number of aliphatic hydroxyl groups excluding tert-OH is 1. The van der Waals surface area contributed by atoms with Crippen molar-refractivity contribution in [3.05, 3.63) is 39.4 Å². The van der Waals surface area contributed by atoms with E-state index in [0.29, 0.717) is 13.0 Å². The van der Waals surface area contributed by atoms with Gasteiger partial charge < -0.3 is 9.84 Å². The molecule has 1 aliphatic heterocycles. The summed E-state index contributed by atoms with van der Waals surface area (Å²) in [6.07, 6.45) is 2.90. The maximum absolute atomic E-state index is 11.0. The van der Waals surface area contributed by atoms with Gasteiger partial charge in [-0.25, -0.2) is 0 Å². The molecule has 0 spiro atoms. The molecule has 0 radical (unpaired) electrons. The van der Waals surface area contributed by atoms with E-state index in [1.54, 1.807) is 12.1 Å². The van der Waals surface area contributed by atoms with Crippen molar-refractivity contribution in [1.29, 1.82) is 0 Å². The lowest BCUT2D eigenvalue weighted by Gasteiger charge is -2.32. The summed E-state index contributed by atoms with van der Waals surface area (Å²) in [5.74, 6) is 0. The first-order valence-electron chi connectivity index (χ1n) is 7.79. The van der Waals surface area contributed by atoms with Crippen molar-refractivity contribution < 1.29 is 14.8 Å². The number of ether oxygens (including phenoxy) is 1. The fourth-order valence-electron chi connectivity index (χ4n) is 2.83. The summed E-state index contributed by atoms with van der Waals surface area (Å²) >= 11 is 0. The Morgan fingerprint density at radius 3 is 2.77 bits per heavy atom. The predicted molar refractivity (Wildman–Crippen MR) is 83.8 cm³/mol. The van der Waals surface area contributed by atoms with Crippen LogP contribution in [0.2, 0.25) is 0 Å². The molecule has 0 atom stereocenters. The number of hydrogen-bond acceptors (Lipinski definition) is 5. The minimum absolute atomic E-state index is 0.172. The van der Waals surface area contributed by atoms with Gasteiger partial charge in [-0.05, 0) is 31.7 Å². The Morgan fingerprint density at radius 1 is 1.41 bits per heavy atom. The molecule has 1 heterocycles. The summed E-state index contributed by atoms with van der Waals surface area (Å²) < 4.78 is 5.72. The van der Waals surface area contributed by atoms with Gasteiger partial charge >= 0.3 is 0 Å². The summed E-state index contributed by atoms with van der Waals surface area (Å²) in [6, 6.07) is 5.28. The molecule has 122 valence electrons. The number of benzene rings is 1. The van der Waals surface area contributed by atoms with Gasteiger partial charge in [0.25, 0.3) is 5.69 Å². The van der Waals surface area contributed by atoms with Crippen LogP contribution in [0.4, 0.5) is 5.69 Å². The van der Waals surface area contributed by atoms with Gasteiger partial charge in [0.2, 0.25) is 0 Å². The molecular weight excluding hydrogens is 284 g/mol. The van der Waals surface area contributed by atoms with Crippen molar-refractivity contribution in [2.24, 2.45) is 0 Å². The minimum atomic E-state index is -0.319. The number of piperidine rings is 1. The fourth-order valence-corrected chi connectivity index (χ4v) is 2.83. The van der Waals surface area contributed by atoms with Crippen LogP contribution < -0.4 is 0 Å². The first-order chi connectivity index (χ1) is 10.6. The van der Waals surface area contributed by atoms with Gasteiger partial charge in [0, 0.05) is 44.5 Å². The maximum atomic E-state index is 11.0. The molecule has 6 nitrogen and oxygen atoms in total. The molecule has 1 N–H and O–H groups in total. The molecule has 0 amide bonds.